The predicted molar refractivity (Wildman–Crippen MR) is 88.2 cm³/mol. The Balaban J connectivity index is 2.12. The average molecular weight is 339 g/mol. The van der Waals surface area contributed by atoms with Gasteiger partial charge in [-0.05, 0) is 38.0 Å². The van der Waals surface area contributed by atoms with E-state index in [1.165, 1.54) is 12.1 Å². The van der Waals surface area contributed by atoms with E-state index < -0.39 is 16.1 Å². The first-order chi connectivity index (χ1) is 11.0. The third kappa shape index (κ3) is 5.24. The lowest BCUT2D eigenvalue weighted by Gasteiger charge is -2.11. The molecule has 1 aromatic carbocycles. The van der Waals surface area contributed by atoms with Crippen LogP contribution in [0.2, 0.25) is 0 Å². The topological polar surface area (TPSA) is 96.9 Å². The van der Waals surface area contributed by atoms with Gasteiger partial charge in [-0.25, -0.2) is 13.2 Å². The molecule has 23 heavy (non-hydrogen) atoms. The number of nitrogens with zero attached hydrogens (tertiary/aromatic N) is 1. The van der Waals surface area contributed by atoms with Gasteiger partial charge in [-0.1, -0.05) is 12.5 Å². The van der Waals surface area contributed by atoms with E-state index in [-0.39, 0.29) is 11.5 Å². The highest BCUT2D eigenvalue weighted by Gasteiger charge is 2.18. The molecule has 2 N–H and O–H groups in total. The van der Waals surface area contributed by atoms with Gasteiger partial charge in [0.25, 0.3) is 10.0 Å². The molecule has 0 radical (unpaired) electrons. The normalized spacial score (nSPS) is 15.3. The summed E-state index contributed by atoms with van der Waals surface area (Å²) in [6, 6.07) is 6.01. The summed E-state index contributed by atoms with van der Waals surface area (Å²) in [5.74, 6) is 0.492. The molecular formula is C15H21N3O4S. The maximum Gasteiger partial charge on any atom is 0.411 e. The van der Waals surface area contributed by atoms with Crippen LogP contribution in [0.5, 0.6) is 0 Å². The molecule has 8 heteroatoms. The second-order valence-electron chi connectivity index (χ2n) is 5.12. The van der Waals surface area contributed by atoms with E-state index in [1.54, 1.807) is 19.1 Å². The zero-order chi connectivity index (χ0) is 16.7. The van der Waals surface area contributed by atoms with Crippen LogP contribution in [0.15, 0.2) is 34.2 Å². The van der Waals surface area contributed by atoms with Crippen molar-refractivity contribution in [3.63, 3.8) is 0 Å². The minimum atomic E-state index is -3.72. The van der Waals surface area contributed by atoms with Crippen molar-refractivity contribution in [2.75, 3.05) is 18.5 Å². The Morgan fingerprint density at radius 3 is 2.91 bits per heavy atom. The van der Waals surface area contributed by atoms with Crippen LogP contribution < -0.4 is 10.0 Å². The van der Waals surface area contributed by atoms with Crippen LogP contribution in [0, 0.1) is 0 Å². The number of rotatable bonds is 4. The monoisotopic (exact) mass is 339 g/mol. The molecule has 126 valence electrons. The SMILES string of the molecule is CCOC(=O)Nc1cccc(S(=O)(=O)NC2=NCCCCC2)c1. The Labute approximate surface area is 136 Å². The van der Waals surface area contributed by atoms with E-state index in [9.17, 15) is 13.2 Å². The quantitative estimate of drug-likeness (QED) is 0.881. The molecule has 0 saturated carbocycles. The number of aliphatic imine (C=N–C) groups is 1. The molecule has 0 saturated heterocycles. The summed E-state index contributed by atoms with van der Waals surface area (Å²) < 4.78 is 32.2. The maximum absolute atomic E-state index is 12.4. The fourth-order valence-electron chi connectivity index (χ4n) is 2.20. The van der Waals surface area contributed by atoms with Crippen LogP contribution in [-0.4, -0.2) is 33.5 Å². The molecule has 1 amide bonds. The van der Waals surface area contributed by atoms with Gasteiger partial charge in [0, 0.05) is 18.7 Å². The number of sulfonamides is 1. The Morgan fingerprint density at radius 2 is 2.13 bits per heavy atom. The zero-order valence-electron chi connectivity index (χ0n) is 13.0. The van der Waals surface area contributed by atoms with Crippen molar-refractivity contribution in [3.8, 4) is 0 Å². The molecule has 0 bridgehead atoms. The Hall–Kier alpha value is -2.09. The standard InChI is InChI=1S/C15H21N3O4S/c1-2-22-15(19)17-12-7-6-8-13(11-12)23(20,21)18-14-9-4-3-5-10-16-14/h6-8,11H,2-5,9-10H2,1H3,(H,16,18)(H,17,19). The van der Waals surface area contributed by atoms with E-state index in [4.69, 9.17) is 4.74 Å². The summed E-state index contributed by atoms with van der Waals surface area (Å²) in [4.78, 5) is 15.7. The molecule has 1 heterocycles. The predicted octanol–water partition coefficient (Wildman–Crippen LogP) is 2.51. The third-order valence-electron chi connectivity index (χ3n) is 3.29. The molecule has 1 aromatic rings. The molecular weight excluding hydrogens is 318 g/mol. The molecule has 0 aliphatic carbocycles. The zero-order valence-corrected chi connectivity index (χ0v) is 13.9. The van der Waals surface area contributed by atoms with Crippen LogP contribution >= 0.6 is 0 Å². The first kappa shape index (κ1) is 17.3. The summed E-state index contributed by atoms with van der Waals surface area (Å²) in [5, 5.41) is 2.49. The summed E-state index contributed by atoms with van der Waals surface area (Å²) in [6.07, 6.45) is 2.95. The van der Waals surface area contributed by atoms with Gasteiger partial charge in [-0.3, -0.25) is 15.0 Å². The van der Waals surface area contributed by atoms with Gasteiger partial charge in [0.05, 0.1) is 11.5 Å². The molecule has 2 rings (SSSR count). The number of nitrogens with one attached hydrogen (secondary N) is 2. The molecule has 0 fully saturated rings. The molecule has 1 aliphatic heterocycles. The van der Waals surface area contributed by atoms with Crippen molar-refractivity contribution in [1.29, 1.82) is 0 Å². The number of ether oxygens (including phenoxy) is 1. The number of amidine groups is 1. The minimum absolute atomic E-state index is 0.0683. The van der Waals surface area contributed by atoms with Gasteiger partial charge in [-0.15, -0.1) is 0 Å². The van der Waals surface area contributed by atoms with Gasteiger partial charge >= 0.3 is 6.09 Å². The van der Waals surface area contributed by atoms with Crippen molar-refractivity contribution in [1.82, 2.24) is 4.72 Å². The Morgan fingerprint density at radius 1 is 1.30 bits per heavy atom. The van der Waals surface area contributed by atoms with Gasteiger partial charge < -0.3 is 4.74 Å². The van der Waals surface area contributed by atoms with Crippen molar-refractivity contribution >= 4 is 27.6 Å². The van der Waals surface area contributed by atoms with E-state index in [2.05, 4.69) is 15.0 Å². The maximum atomic E-state index is 12.4. The minimum Gasteiger partial charge on any atom is -0.450 e. The summed E-state index contributed by atoms with van der Waals surface area (Å²) >= 11 is 0. The number of anilines is 1. The van der Waals surface area contributed by atoms with Crippen molar-refractivity contribution in [2.24, 2.45) is 4.99 Å². The smallest absolute Gasteiger partial charge is 0.411 e. The van der Waals surface area contributed by atoms with E-state index in [0.717, 1.165) is 19.3 Å². The lowest BCUT2D eigenvalue weighted by atomic mass is 10.2. The molecule has 0 aromatic heterocycles. The van der Waals surface area contributed by atoms with Crippen molar-refractivity contribution in [3.05, 3.63) is 24.3 Å². The van der Waals surface area contributed by atoms with E-state index in [1.807, 2.05) is 0 Å². The largest absolute Gasteiger partial charge is 0.450 e. The fourth-order valence-corrected chi connectivity index (χ4v) is 3.33. The van der Waals surface area contributed by atoms with Gasteiger partial charge in [0.1, 0.15) is 5.84 Å². The number of hydrogen-bond acceptors (Lipinski definition) is 5. The summed E-state index contributed by atoms with van der Waals surface area (Å²) in [6.45, 7) is 2.57. The number of hydrogen-bond donors (Lipinski definition) is 2. The molecule has 0 spiro atoms. The van der Waals surface area contributed by atoms with E-state index >= 15 is 0 Å². The number of benzene rings is 1. The molecule has 0 atom stereocenters. The Kier molecular flexibility index (Phi) is 5.97. The van der Waals surface area contributed by atoms with Gasteiger partial charge in [0.15, 0.2) is 0 Å². The lowest BCUT2D eigenvalue weighted by molar-refractivity contribution is 0.168. The first-order valence-electron chi connectivity index (χ1n) is 7.61. The highest BCUT2D eigenvalue weighted by Crippen LogP contribution is 2.16. The fraction of sp³-hybridized carbons (Fsp3) is 0.467. The summed E-state index contributed by atoms with van der Waals surface area (Å²) in [7, 11) is -3.72. The van der Waals surface area contributed by atoms with E-state index in [0.29, 0.717) is 24.5 Å². The summed E-state index contributed by atoms with van der Waals surface area (Å²) in [5.41, 5.74) is 0.356. The Bertz CT molecular complexity index is 686. The van der Waals surface area contributed by atoms with Crippen LogP contribution in [0.3, 0.4) is 0 Å². The molecule has 0 unspecified atom stereocenters. The van der Waals surface area contributed by atoms with Crippen LogP contribution in [-0.2, 0) is 14.8 Å². The average Bonchev–Trinajstić information content (AvgIpc) is 2.76. The van der Waals surface area contributed by atoms with Crippen LogP contribution in [0.1, 0.15) is 32.6 Å². The number of amides is 1. The lowest BCUT2D eigenvalue weighted by Crippen LogP contribution is -2.30. The third-order valence-corrected chi connectivity index (χ3v) is 4.67. The first-order valence-corrected chi connectivity index (χ1v) is 9.09. The number of carbonyl (C=O) groups excluding carboxylic acids is 1. The van der Waals surface area contributed by atoms with Crippen molar-refractivity contribution < 1.29 is 17.9 Å². The van der Waals surface area contributed by atoms with Gasteiger partial charge in [0.2, 0.25) is 0 Å². The van der Waals surface area contributed by atoms with Crippen LogP contribution in [0.4, 0.5) is 10.5 Å². The number of carbonyl (C=O) groups is 1. The highest BCUT2D eigenvalue weighted by molar-refractivity contribution is 7.90. The van der Waals surface area contributed by atoms with Crippen molar-refractivity contribution in [2.45, 2.75) is 37.5 Å². The van der Waals surface area contributed by atoms with Crippen LogP contribution in [0.25, 0.3) is 0 Å². The second kappa shape index (κ2) is 7.96. The van der Waals surface area contributed by atoms with Gasteiger partial charge in [-0.2, -0.15) is 0 Å². The highest BCUT2D eigenvalue weighted by atomic mass is 32.2. The molecule has 1 aliphatic rings. The molecule has 7 nitrogen and oxygen atoms in total. The second-order valence-corrected chi connectivity index (χ2v) is 6.80.